The first kappa shape index (κ1) is 20.1. The lowest BCUT2D eigenvalue weighted by Crippen LogP contribution is -2.27. The number of piperidine rings is 1. The van der Waals surface area contributed by atoms with Gasteiger partial charge >= 0.3 is 7.82 Å². The van der Waals surface area contributed by atoms with Crippen LogP contribution >= 0.6 is 19.2 Å². The molecular weight excluding hydrogens is 385 g/mol. The van der Waals surface area contributed by atoms with E-state index in [1.807, 2.05) is 6.07 Å². The summed E-state index contributed by atoms with van der Waals surface area (Å²) in [6, 6.07) is 10.6. The highest BCUT2D eigenvalue weighted by molar-refractivity contribution is 7.45. The molecule has 2 aromatic rings. The summed E-state index contributed by atoms with van der Waals surface area (Å²) in [6.07, 6.45) is 2.73. The third-order valence-corrected chi connectivity index (χ3v) is 5.73. The first-order valence-electron chi connectivity index (χ1n) is 8.62. The molecule has 2 aliphatic rings. The summed E-state index contributed by atoms with van der Waals surface area (Å²) in [7, 11) is -2.46. The molecule has 0 saturated carbocycles. The van der Waals surface area contributed by atoms with E-state index in [2.05, 4.69) is 41.6 Å². The van der Waals surface area contributed by atoms with Crippen LogP contribution in [0.1, 0.15) is 39.2 Å². The minimum atomic E-state index is -4.64. The number of phosphoric acid groups is 1. The lowest BCUT2D eigenvalue weighted by atomic mass is 9.88. The summed E-state index contributed by atoms with van der Waals surface area (Å²) in [5.41, 5.74) is 6.47. The molecule has 0 bridgehead atoms. The van der Waals surface area contributed by atoms with Gasteiger partial charge in [-0.2, -0.15) is 0 Å². The number of rotatable bonds is 0. The van der Waals surface area contributed by atoms with Crippen molar-refractivity contribution in [2.45, 2.75) is 19.3 Å². The highest BCUT2D eigenvalue weighted by atomic mass is 32.1. The van der Waals surface area contributed by atoms with Crippen molar-refractivity contribution in [1.29, 1.82) is 0 Å². The van der Waals surface area contributed by atoms with Gasteiger partial charge in [-0.15, -0.1) is 11.3 Å². The molecule has 1 aliphatic carbocycles. The predicted octanol–water partition coefficient (Wildman–Crippen LogP) is 3.09. The van der Waals surface area contributed by atoms with Gasteiger partial charge in [0.15, 0.2) is 5.78 Å². The Morgan fingerprint density at radius 1 is 1.04 bits per heavy atom. The maximum absolute atomic E-state index is 12.6. The number of hydrogen-bond donors (Lipinski definition) is 3. The molecule has 1 aromatic heterocycles. The molecule has 27 heavy (non-hydrogen) atoms. The van der Waals surface area contributed by atoms with E-state index in [0.29, 0.717) is 6.42 Å². The number of Topliss-reactive ketones (excluding diaryl/α,β-unsaturated/α-hetero) is 1. The highest BCUT2D eigenvalue weighted by Crippen LogP contribution is 2.40. The van der Waals surface area contributed by atoms with Crippen molar-refractivity contribution in [1.82, 2.24) is 4.90 Å². The molecule has 0 atom stereocenters. The minimum Gasteiger partial charge on any atom is -0.306 e. The van der Waals surface area contributed by atoms with Crippen molar-refractivity contribution >= 4 is 30.5 Å². The van der Waals surface area contributed by atoms with E-state index in [4.69, 9.17) is 19.2 Å². The second kappa shape index (κ2) is 8.19. The van der Waals surface area contributed by atoms with Crippen LogP contribution < -0.4 is 0 Å². The second-order valence-electron chi connectivity index (χ2n) is 6.72. The summed E-state index contributed by atoms with van der Waals surface area (Å²) < 4.78 is 8.88. The van der Waals surface area contributed by atoms with E-state index in [0.717, 1.165) is 30.8 Å². The van der Waals surface area contributed by atoms with Gasteiger partial charge in [0.2, 0.25) is 0 Å². The van der Waals surface area contributed by atoms with Crippen LogP contribution in [-0.2, 0) is 11.0 Å². The fraction of sp³-hybridized carbons (Fsp3) is 0.316. The minimum absolute atomic E-state index is 0.265. The van der Waals surface area contributed by atoms with Crippen LogP contribution in [0.3, 0.4) is 0 Å². The fourth-order valence-electron chi connectivity index (χ4n) is 3.56. The molecule has 2 heterocycles. The van der Waals surface area contributed by atoms with Crippen LogP contribution in [0.4, 0.5) is 0 Å². The molecule has 8 heteroatoms. The van der Waals surface area contributed by atoms with E-state index in [1.54, 1.807) is 11.3 Å². The summed E-state index contributed by atoms with van der Waals surface area (Å²) in [5.74, 6) is 0.265. The number of hydrogen-bond acceptors (Lipinski definition) is 4. The van der Waals surface area contributed by atoms with Crippen molar-refractivity contribution in [3.8, 4) is 0 Å². The lowest BCUT2D eigenvalue weighted by molar-refractivity contribution is 0.0997. The molecule has 3 N–H and O–H groups in total. The van der Waals surface area contributed by atoms with Gasteiger partial charge in [0.25, 0.3) is 0 Å². The largest absolute Gasteiger partial charge is 0.466 e. The quantitative estimate of drug-likeness (QED) is 0.581. The summed E-state index contributed by atoms with van der Waals surface area (Å²) >= 11 is 1.59. The molecule has 144 valence electrons. The smallest absolute Gasteiger partial charge is 0.306 e. The van der Waals surface area contributed by atoms with Gasteiger partial charge in [-0.1, -0.05) is 29.8 Å². The molecular formula is C19H22NO5PS. The number of thiophene rings is 1. The molecule has 1 aliphatic heterocycles. The zero-order valence-corrected chi connectivity index (χ0v) is 16.7. The average molecular weight is 407 g/mol. The Kier molecular flexibility index (Phi) is 6.11. The molecule has 4 rings (SSSR count). The number of fused-ring (bicyclic) bond motifs is 2. The predicted molar refractivity (Wildman–Crippen MR) is 106 cm³/mol. The van der Waals surface area contributed by atoms with Crippen molar-refractivity contribution < 1.29 is 24.0 Å². The number of carbonyl (C=O) groups excluding carboxylic acids is 1. The normalized spacial score (nSPS) is 17.6. The molecule has 0 amide bonds. The van der Waals surface area contributed by atoms with Gasteiger partial charge in [0.05, 0.1) is 4.88 Å². The van der Waals surface area contributed by atoms with Crippen LogP contribution in [-0.4, -0.2) is 45.5 Å². The zero-order valence-electron chi connectivity index (χ0n) is 15.0. The molecule has 0 radical (unpaired) electrons. The molecule has 1 saturated heterocycles. The Morgan fingerprint density at radius 2 is 1.67 bits per heavy atom. The van der Waals surface area contributed by atoms with Crippen LogP contribution in [0.15, 0.2) is 41.3 Å². The average Bonchev–Trinajstić information content (AvgIpc) is 3.02. The standard InChI is InChI=1S/C19H19NOS.H3O4P/c1-20-9-6-13(7-10-20)18-15-5-3-2-4-14(15)12-17(21)19-16(18)8-11-22-19;1-5(2,3)4/h2-5,8,11H,6-7,9-10,12H2,1H3;(H3,1,2,3,4). The van der Waals surface area contributed by atoms with Crippen LogP contribution in [0.2, 0.25) is 0 Å². The molecule has 6 nitrogen and oxygen atoms in total. The number of ketones is 1. The molecule has 1 fully saturated rings. The van der Waals surface area contributed by atoms with E-state index in [-0.39, 0.29) is 5.78 Å². The SMILES string of the molecule is CN1CCC(=C2c3ccccc3CC(=O)c3sccc32)CC1.O=P(O)(O)O. The Balaban J connectivity index is 0.000000376. The Labute approximate surface area is 162 Å². The second-order valence-corrected chi connectivity index (χ2v) is 8.66. The topological polar surface area (TPSA) is 98.1 Å². The van der Waals surface area contributed by atoms with E-state index < -0.39 is 7.82 Å². The Bertz CT molecular complexity index is 911. The lowest BCUT2D eigenvalue weighted by Gasteiger charge is -2.27. The van der Waals surface area contributed by atoms with Gasteiger partial charge in [-0.25, -0.2) is 4.57 Å². The molecule has 0 unspecified atom stereocenters. The van der Waals surface area contributed by atoms with Gasteiger partial charge < -0.3 is 19.6 Å². The third kappa shape index (κ3) is 5.02. The molecule has 1 aromatic carbocycles. The Hall–Kier alpha value is -1.60. The monoisotopic (exact) mass is 407 g/mol. The number of benzene rings is 1. The highest BCUT2D eigenvalue weighted by Gasteiger charge is 2.27. The van der Waals surface area contributed by atoms with Gasteiger partial charge in [-0.05, 0) is 48.0 Å². The first-order chi connectivity index (χ1) is 12.7. The summed E-state index contributed by atoms with van der Waals surface area (Å²) in [5, 5.41) is 2.06. The fourth-order valence-corrected chi connectivity index (χ4v) is 4.40. The van der Waals surface area contributed by atoms with Gasteiger partial charge in [0, 0.05) is 25.1 Å². The van der Waals surface area contributed by atoms with E-state index in [1.165, 1.54) is 27.8 Å². The van der Waals surface area contributed by atoms with Crippen molar-refractivity contribution in [3.05, 3.63) is 62.9 Å². The summed E-state index contributed by atoms with van der Waals surface area (Å²) in [4.78, 5) is 37.5. The van der Waals surface area contributed by atoms with Crippen molar-refractivity contribution in [3.63, 3.8) is 0 Å². The van der Waals surface area contributed by atoms with Crippen molar-refractivity contribution in [2.75, 3.05) is 20.1 Å². The number of carbonyl (C=O) groups is 1. The van der Waals surface area contributed by atoms with Crippen LogP contribution in [0, 0.1) is 0 Å². The van der Waals surface area contributed by atoms with Crippen molar-refractivity contribution in [2.24, 2.45) is 0 Å². The Morgan fingerprint density at radius 3 is 2.33 bits per heavy atom. The van der Waals surface area contributed by atoms with Gasteiger partial charge in [-0.3, -0.25) is 4.79 Å². The maximum Gasteiger partial charge on any atom is 0.466 e. The third-order valence-electron chi connectivity index (χ3n) is 4.77. The number of nitrogens with zero attached hydrogens (tertiary/aromatic N) is 1. The number of likely N-dealkylation sites (tertiary alicyclic amines) is 1. The van der Waals surface area contributed by atoms with Crippen LogP contribution in [0.25, 0.3) is 5.57 Å². The van der Waals surface area contributed by atoms with E-state index >= 15 is 0 Å². The molecule has 0 spiro atoms. The first-order valence-corrected chi connectivity index (χ1v) is 11.1. The maximum atomic E-state index is 12.6. The van der Waals surface area contributed by atoms with Gasteiger partial charge in [0.1, 0.15) is 0 Å². The van der Waals surface area contributed by atoms with E-state index in [9.17, 15) is 4.79 Å². The summed E-state index contributed by atoms with van der Waals surface area (Å²) in [6.45, 7) is 2.21. The zero-order chi connectivity index (χ0) is 19.6. The van der Waals surface area contributed by atoms with Crippen LogP contribution in [0.5, 0.6) is 0 Å².